The van der Waals surface area contributed by atoms with Gasteiger partial charge in [0.15, 0.2) is 0 Å². The van der Waals surface area contributed by atoms with Crippen molar-refractivity contribution >= 4 is 5.97 Å². The van der Waals surface area contributed by atoms with Crippen molar-refractivity contribution < 1.29 is 9.53 Å². The van der Waals surface area contributed by atoms with Gasteiger partial charge in [0.05, 0.1) is 13.0 Å². The molecule has 1 aliphatic rings. The van der Waals surface area contributed by atoms with Crippen molar-refractivity contribution in [1.82, 2.24) is 0 Å². The minimum absolute atomic E-state index is 0.0962. The summed E-state index contributed by atoms with van der Waals surface area (Å²) >= 11 is 0. The van der Waals surface area contributed by atoms with E-state index < -0.39 is 0 Å². The lowest BCUT2D eigenvalue weighted by molar-refractivity contribution is -0.142. The van der Waals surface area contributed by atoms with Gasteiger partial charge in [-0.25, -0.2) is 0 Å². The maximum Gasteiger partial charge on any atom is 0.309 e. The van der Waals surface area contributed by atoms with Crippen LogP contribution in [-0.4, -0.2) is 12.6 Å². The third-order valence-corrected chi connectivity index (χ3v) is 3.27. The summed E-state index contributed by atoms with van der Waals surface area (Å²) in [5.41, 5.74) is 0. The highest BCUT2D eigenvalue weighted by Gasteiger charge is 2.03. The van der Waals surface area contributed by atoms with Gasteiger partial charge in [0, 0.05) is 0 Å². The summed E-state index contributed by atoms with van der Waals surface area (Å²) in [4.78, 5) is 11.4. The number of allylic oxidation sites excluding steroid dienone is 3. The lowest BCUT2D eigenvalue weighted by Crippen LogP contribution is -2.07. The Morgan fingerprint density at radius 1 is 1.06 bits per heavy atom. The highest BCUT2D eigenvalue weighted by atomic mass is 16.5. The summed E-state index contributed by atoms with van der Waals surface area (Å²) in [5.74, 6) is 0.499. The van der Waals surface area contributed by atoms with E-state index >= 15 is 0 Å². The van der Waals surface area contributed by atoms with Crippen molar-refractivity contribution in [3.05, 3.63) is 24.3 Å². The van der Waals surface area contributed by atoms with Crippen LogP contribution in [0.4, 0.5) is 0 Å². The topological polar surface area (TPSA) is 26.3 Å². The smallest absolute Gasteiger partial charge is 0.309 e. The summed E-state index contributed by atoms with van der Waals surface area (Å²) in [7, 11) is 0. The molecule has 0 amide bonds. The van der Waals surface area contributed by atoms with Crippen LogP contribution in [0.3, 0.4) is 0 Å². The standard InChI is InChI=1S/C16H26O2/c1-15-11-9-7-5-3-2-4-6-8-10-12-16(17)18-14-13-15/h7-10,15H,2-6,11-14H2,1H3/b9-7-,10-8+. The maximum atomic E-state index is 11.4. The fraction of sp³-hybridized carbons (Fsp3) is 0.688. The number of rotatable bonds is 0. The van der Waals surface area contributed by atoms with Gasteiger partial charge in [0.25, 0.3) is 0 Å². The number of carbonyl (C=O) groups is 1. The third kappa shape index (κ3) is 8.10. The van der Waals surface area contributed by atoms with Crippen LogP contribution in [0.2, 0.25) is 0 Å². The molecule has 0 aromatic heterocycles. The van der Waals surface area contributed by atoms with Crippen LogP contribution in [0.5, 0.6) is 0 Å². The van der Waals surface area contributed by atoms with Gasteiger partial charge in [-0.2, -0.15) is 0 Å². The molecule has 1 unspecified atom stereocenters. The molecule has 1 rings (SSSR count). The first-order valence-electron chi connectivity index (χ1n) is 7.24. The van der Waals surface area contributed by atoms with E-state index in [1.165, 1.54) is 25.7 Å². The zero-order chi connectivity index (χ0) is 13.1. The van der Waals surface area contributed by atoms with Crippen LogP contribution in [-0.2, 0) is 9.53 Å². The molecule has 0 aromatic carbocycles. The van der Waals surface area contributed by atoms with Crippen LogP contribution < -0.4 is 0 Å². The predicted octanol–water partition coefficient (Wildman–Crippen LogP) is 4.41. The molecule has 0 fully saturated rings. The number of ether oxygens (including phenoxy) is 1. The summed E-state index contributed by atoms with van der Waals surface area (Å²) < 4.78 is 5.20. The Morgan fingerprint density at radius 3 is 2.56 bits per heavy atom. The minimum Gasteiger partial charge on any atom is -0.465 e. The predicted molar refractivity (Wildman–Crippen MR) is 75.3 cm³/mol. The normalized spacial score (nSPS) is 28.3. The van der Waals surface area contributed by atoms with Crippen LogP contribution in [0.15, 0.2) is 24.3 Å². The molecule has 0 N–H and O–H groups in total. The highest BCUT2D eigenvalue weighted by Crippen LogP contribution is 2.11. The summed E-state index contributed by atoms with van der Waals surface area (Å²) in [6.45, 7) is 2.77. The molecule has 0 aliphatic carbocycles. The van der Waals surface area contributed by atoms with Crippen molar-refractivity contribution in [2.45, 2.75) is 58.3 Å². The Labute approximate surface area is 111 Å². The Bertz CT molecular complexity index is 279. The zero-order valence-electron chi connectivity index (χ0n) is 11.6. The molecule has 2 nitrogen and oxygen atoms in total. The summed E-state index contributed by atoms with van der Waals surface area (Å²) in [6.07, 6.45) is 17.1. The van der Waals surface area contributed by atoms with Gasteiger partial charge in [-0.1, -0.05) is 37.6 Å². The minimum atomic E-state index is -0.0962. The molecule has 1 aliphatic heterocycles. The second-order valence-electron chi connectivity index (χ2n) is 5.13. The van der Waals surface area contributed by atoms with Crippen LogP contribution in [0.25, 0.3) is 0 Å². The number of esters is 1. The summed E-state index contributed by atoms with van der Waals surface area (Å²) in [6, 6.07) is 0. The molecule has 0 spiro atoms. The molecule has 18 heavy (non-hydrogen) atoms. The zero-order valence-corrected chi connectivity index (χ0v) is 11.6. The molecule has 0 saturated carbocycles. The Kier molecular flexibility index (Phi) is 8.28. The highest BCUT2D eigenvalue weighted by molar-refractivity contribution is 5.71. The van der Waals surface area contributed by atoms with Crippen molar-refractivity contribution in [1.29, 1.82) is 0 Å². The van der Waals surface area contributed by atoms with Crippen LogP contribution in [0.1, 0.15) is 58.3 Å². The van der Waals surface area contributed by atoms with E-state index in [0.29, 0.717) is 18.9 Å². The molecule has 0 bridgehead atoms. The molecule has 2 heteroatoms. The number of carbonyl (C=O) groups excluding carboxylic acids is 1. The molecule has 0 aromatic rings. The van der Waals surface area contributed by atoms with Gasteiger partial charge in [-0.15, -0.1) is 0 Å². The Balaban J connectivity index is 2.34. The first-order chi connectivity index (χ1) is 8.79. The molecule has 1 atom stereocenters. The monoisotopic (exact) mass is 250 g/mol. The molecule has 0 saturated heterocycles. The Morgan fingerprint density at radius 2 is 1.78 bits per heavy atom. The van der Waals surface area contributed by atoms with Gasteiger partial charge >= 0.3 is 5.97 Å². The average molecular weight is 250 g/mol. The average Bonchev–Trinajstić information content (AvgIpc) is 2.34. The quantitative estimate of drug-likeness (QED) is 0.470. The second kappa shape index (κ2) is 9.93. The molecular formula is C16H26O2. The van der Waals surface area contributed by atoms with Crippen LogP contribution >= 0.6 is 0 Å². The van der Waals surface area contributed by atoms with E-state index in [9.17, 15) is 4.79 Å². The van der Waals surface area contributed by atoms with E-state index in [1.54, 1.807) is 0 Å². The van der Waals surface area contributed by atoms with Gasteiger partial charge in [0.2, 0.25) is 0 Å². The molecular weight excluding hydrogens is 224 g/mol. The second-order valence-corrected chi connectivity index (χ2v) is 5.13. The third-order valence-electron chi connectivity index (χ3n) is 3.27. The van der Waals surface area contributed by atoms with E-state index in [4.69, 9.17) is 4.74 Å². The van der Waals surface area contributed by atoms with Crippen molar-refractivity contribution in [2.24, 2.45) is 5.92 Å². The maximum absolute atomic E-state index is 11.4. The summed E-state index contributed by atoms with van der Waals surface area (Å²) in [5, 5.41) is 0. The number of hydrogen-bond acceptors (Lipinski definition) is 2. The van der Waals surface area contributed by atoms with E-state index in [-0.39, 0.29) is 5.97 Å². The van der Waals surface area contributed by atoms with Gasteiger partial charge < -0.3 is 4.74 Å². The largest absolute Gasteiger partial charge is 0.465 e. The fourth-order valence-corrected chi connectivity index (χ4v) is 2.00. The Hall–Kier alpha value is -1.05. The van der Waals surface area contributed by atoms with Gasteiger partial charge in [-0.3, -0.25) is 4.79 Å². The lowest BCUT2D eigenvalue weighted by atomic mass is 10.0. The first kappa shape index (κ1) is 15.0. The van der Waals surface area contributed by atoms with Gasteiger partial charge in [-0.05, 0) is 44.4 Å². The fourth-order valence-electron chi connectivity index (χ4n) is 2.00. The van der Waals surface area contributed by atoms with Crippen molar-refractivity contribution in [2.75, 3.05) is 6.61 Å². The van der Waals surface area contributed by atoms with Crippen molar-refractivity contribution in [3.8, 4) is 0 Å². The van der Waals surface area contributed by atoms with E-state index in [1.807, 2.05) is 6.08 Å². The van der Waals surface area contributed by atoms with E-state index in [0.717, 1.165) is 19.3 Å². The molecule has 0 radical (unpaired) electrons. The molecule has 102 valence electrons. The molecule has 1 heterocycles. The SMILES string of the molecule is CC1C/C=C\CCCCC/C=C/CC(=O)OCC1. The number of cyclic esters (lactones) is 1. The first-order valence-corrected chi connectivity index (χ1v) is 7.24. The lowest BCUT2D eigenvalue weighted by Gasteiger charge is -2.09. The van der Waals surface area contributed by atoms with Crippen molar-refractivity contribution in [3.63, 3.8) is 0 Å². The number of hydrogen-bond donors (Lipinski definition) is 0. The van der Waals surface area contributed by atoms with E-state index in [2.05, 4.69) is 25.2 Å². The van der Waals surface area contributed by atoms with Crippen LogP contribution in [0, 0.1) is 5.92 Å². The van der Waals surface area contributed by atoms with Gasteiger partial charge in [0.1, 0.15) is 0 Å².